The van der Waals surface area contributed by atoms with Crippen molar-refractivity contribution in [1.29, 1.82) is 0 Å². The van der Waals surface area contributed by atoms with E-state index in [2.05, 4.69) is 19.9 Å². The van der Waals surface area contributed by atoms with Crippen molar-refractivity contribution in [2.75, 3.05) is 25.0 Å². The molecule has 1 fully saturated rings. The fourth-order valence-corrected chi connectivity index (χ4v) is 3.00. The minimum Gasteiger partial charge on any atom is -0.451 e. The second-order valence-electron chi connectivity index (χ2n) is 6.32. The molecule has 0 N–H and O–H groups in total. The van der Waals surface area contributed by atoms with Gasteiger partial charge < -0.3 is 9.32 Å². The summed E-state index contributed by atoms with van der Waals surface area (Å²) < 4.78 is 32.9. The second-order valence-corrected chi connectivity index (χ2v) is 6.32. The fraction of sp³-hybridized carbons (Fsp3) is 0.278. The van der Waals surface area contributed by atoms with E-state index < -0.39 is 5.82 Å². The summed E-state index contributed by atoms with van der Waals surface area (Å²) in [6.45, 7) is 1.98. The highest BCUT2D eigenvalue weighted by atomic mass is 19.1. The van der Waals surface area contributed by atoms with Gasteiger partial charge in [0.2, 0.25) is 0 Å². The van der Waals surface area contributed by atoms with Gasteiger partial charge >= 0.3 is 0 Å². The number of halogens is 2. The zero-order valence-corrected chi connectivity index (χ0v) is 14.1. The molecule has 8 heteroatoms. The minimum atomic E-state index is -0.489. The SMILES string of the molecule is CN(Cc1cocn1)C1CN(c2ncnc(-c3ccc(F)cc3)c2F)C1. The summed E-state index contributed by atoms with van der Waals surface area (Å²) in [5.41, 5.74) is 1.56. The average molecular weight is 357 g/mol. The van der Waals surface area contributed by atoms with Gasteiger partial charge in [-0.2, -0.15) is 0 Å². The van der Waals surface area contributed by atoms with Crippen molar-refractivity contribution in [3.63, 3.8) is 0 Å². The summed E-state index contributed by atoms with van der Waals surface area (Å²) in [7, 11) is 2.00. The van der Waals surface area contributed by atoms with Crippen LogP contribution in [0.2, 0.25) is 0 Å². The lowest BCUT2D eigenvalue weighted by Gasteiger charge is -2.44. The van der Waals surface area contributed by atoms with Gasteiger partial charge in [-0.3, -0.25) is 4.90 Å². The van der Waals surface area contributed by atoms with Gasteiger partial charge in [0.25, 0.3) is 0 Å². The maximum atomic E-state index is 14.9. The molecule has 0 aliphatic carbocycles. The number of hydrogen-bond donors (Lipinski definition) is 0. The predicted molar refractivity (Wildman–Crippen MR) is 91.4 cm³/mol. The number of rotatable bonds is 5. The second kappa shape index (κ2) is 6.80. The van der Waals surface area contributed by atoms with Crippen LogP contribution < -0.4 is 4.90 Å². The first kappa shape index (κ1) is 16.6. The number of benzene rings is 1. The van der Waals surface area contributed by atoms with E-state index in [9.17, 15) is 8.78 Å². The van der Waals surface area contributed by atoms with Crippen LogP contribution in [0.1, 0.15) is 5.69 Å². The highest BCUT2D eigenvalue weighted by Gasteiger charge is 2.33. The number of hydrogen-bond acceptors (Lipinski definition) is 6. The van der Waals surface area contributed by atoms with E-state index in [4.69, 9.17) is 4.42 Å². The first-order valence-corrected chi connectivity index (χ1v) is 8.20. The molecule has 1 aliphatic rings. The van der Waals surface area contributed by atoms with Crippen LogP contribution in [-0.4, -0.2) is 46.0 Å². The number of nitrogens with zero attached hydrogens (tertiary/aromatic N) is 5. The summed E-state index contributed by atoms with van der Waals surface area (Å²) in [5, 5.41) is 0. The Balaban J connectivity index is 1.46. The monoisotopic (exact) mass is 357 g/mol. The molecule has 1 aliphatic heterocycles. The molecule has 3 aromatic rings. The van der Waals surface area contributed by atoms with Crippen molar-refractivity contribution in [3.05, 3.63) is 60.6 Å². The summed E-state index contributed by atoms with van der Waals surface area (Å²) >= 11 is 0. The van der Waals surface area contributed by atoms with Gasteiger partial charge in [-0.25, -0.2) is 23.7 Å². The lowest BCUT2D eigenvalue weighted by atomic mass is 10.1. The van der Waals surface area contributed by atoms with Crippen LogP contribution in [0.25, 0.3) is 11.3 Å². The Labute approximate surface area is 149 Å². The van der Waals surface area contributed by atoms with Crippen molar-refractivity contribution in [2.24, 2.45) is 0 Å². The zero-order valence-electron chi connectivity index (χ0n) is 14.1. The van der Waals surface area contributed by atoms with Crippen LogP contribution in [-0.2, 0) is 6.54 Å². The number of anilines is 1. The molecule has 1 saturated heterocycles. The molecular weight excluding hydrogens is 340 g/mol. The third kappa shape index (κ3) is 3.15. The van der Waals surface area contributed by atoms with E-state index in [0.717, 1.165) is 5.69 Å². The van der Waals surface area contributed by atoms with E-state index in [-0.39, 0.29) is 23.4 Å². The van der Waals surface area contributed by atoms with Gasteiger partial charge in [-0.1, -0.05) is 0 Å². The quantitative estimate of drug-likeness (QED) is 0.700. The maximum Gasteiger partial charge on any atom is 0.191 e. The van der Waals surface area contributed by atoms with Crippen molar-refractivity contribution >= 4 is 5.82 Å². The first-order valence-electron chi connectivity index (χ1n) is 8.20. The number of aromatic nitrogens is 3. The standard InChI is InChI=1S/C18H17F2N5O/c1-24(6-14-9-26-11-23-14)15-7-25(8-15)18-16(20)17(21-10-22-18)12-2-4-13(19)5-3-12/h2-5,9-11,15H,6-8H2,1H3. The molecule has 26 heavy (non-hydrogen) atoms. The van der Waals surface area contributed by atoms with Crippen LogP contribution in [0.4, 0.5) is 14.6 Å². The molecule has 0 spiro atoms. The molecule has 4 rings (SSSR count). The molecule has 6 nitrogen and oxygen atoms in total. The third-order valence-corrected chi connectivity index (χ3v) is 4.57. The summed E-state index contributed by atoms with van der Waals surface area (Å²) in [5.74, 6) is -0.591. The van der Waals surface area contributed by atoms with Crippen LogP contribution in [0.15, 0.2) is 47.7 Å². The topological polar surface area (TPSA) is 58.3 Å². The normalized spacial score (nSPS) is 14.7. The number of likely N-dealkylation sites (N-methyl/N-ethyl adjacent to an activating group) is 1. The summed E-state index contributed by atoms with van der Waals surface area (Å²) in [6.07, 6.45) is 4.36. The highest BCUT2D eigenvalue weighted by molar-refractivity contribution is 5.64. The number of oxazole rings is 1. The van der Waals surface area contributed by atoms with Gasteiger partial charge in [0.1, 0.15) is 24.1 Å². The van der Waals surface area contributed by atoms with Gasteiger partial charge in [-0.05, 0) is 31.3 Å². The molecular formula is C18H17F2N5O. The molecule has 0 atom stereocenters. The Morgan fingerprint density at radius 3 is 2.62 bits per heavy atom. The third-order valence-electron chi connectivity index (χ3n) is 4.57. The Morgan fingerprint density at radius 2 is 1.92 bits per heavy atom. The van der Waals surface area contributed by atoms with Crippen molar-refractivity contribution in [2.45, 2.75) is 12.6 Å². The van der Waals surface area contributed by atoms with Crippen LogP contribution in [0.5, 0.6) is 0 Å². The molecule has 0 unspecified atom stereocenters. The molecule has 1 aromatic carbocycles. The first-order chi connectivity index (χ1) is 12.6. The molecule has 0 saturated carbocycles. The van der Waals surface area contributed by atoms with E-state index in [0.29, 0.717) is 25.2 Å². The lowest BCUT2D eigenvalue weighted by molar-refractivity contribution is 0.194. The highest BCUT2D eigenvalue weighted by Crippen LogP contribution is 2.29. The molecule has 0 radical (unpaired) electrons. The average Bonchev–Trinajstić information content (AvgIpc) is 3.09. The van der Waals surface area contributed by atoms with Crippen molar-refractivity contribution < 1.29 is 13.2 Å². The molecule has 0 amide bonds. The molecule has 3 heterocycles. The Morgan fingerprint density at radius 1 is 1.15 bits per heavy atom. The van der Waals surface area contributed by atoms with E-state index in [1.54, 1.807) is 6.26 Å². The molecule has 2 aromatic heterocycles. The Hall–Kier alpha value is -2.87. The Kier molecular flexibility index (Phi) is 4.34. The van der Waals surface area contributed by atoms with Gasteiger partial charge in [0, 0.05) is 31.2 Å². The van der Waals surface area contributed by atoms with Gasteiger partial charge in [0.15, 0.2) is 18.0 Å². The van der Waals surface area contributed by atoms with Crippen molar-refractivity contribution in [3.8, 4) is 11.3 Å². The lowest BCUT2D eigenvalue weighted by Crippen LogP contribution is -2.58. The van der Waals surface area contributed by atoms with Crippen LogP contribution in [0, 0.1) is 11.6 Å². The van der Waals surface area contributed by atoms with Gasteiger partial charge in [-0.15, -0.1) is 0 Å². The fourth-order valence-electron chi connectivity index (χ4n) is 3.00. The van der Waals surface area contributed by atoms with Gasteiger partial charge in [0.05, 0.1) is 5.69 Å². The van der Waals surface area contributed by atoms with Crippen LogP contribution >= 0.6 is 0 Å². The predicted octanol–water partition coefficient (Wildman–Crippen LogP) is 2.73. The summed E-state index contributed by atoms with van der Waals surface area (Å²) in [4.78, 5) is 16.2. The van der Waals surface area contributed by atoms with E-state index in [1.807, 2.05) is 11.9 Å². The molecule has 134 valence electrons. The smallest absolute Gasteiger partial charge is 0.191 e. The maximum absolute atomic E-state index is 14.9. The minimum absolute atomic E-state index is 0.175. The zero-order chi connectivity index (χ0) is 18.1. The molecule has 0 bridgehead atoms. The Bertz CT molecular complexity index is 879. The van der Waals surface area contributed by atoms with Crippen molar-refractivity contribution in [1.82, 2.24) is 19.9 Å². The largest absolute Gasteiger partial charge is 0.451 e. The van der Waals surface area contributed by atoms with E-state index >= 15 is 0 Å². The van der Waals surface area contributed by atoms with E-state index in [1.165, 1.54) is 37.0 Å². The summed E-state index contributed by atoms with van der Waals surface area (Å²) in [6, 6.07) is 5.87. The van der Waals surface area contributed by atoms with Crippen LogP contribution in [0.3, 0.4) is 0 Å².